The van der Waals surface area contributed by atoms with E-state index in [4.69, 9.17) is 4.74 Å². The van der Waals surface area contributed by atoms with Gasteiger partial charge in [0.05, 0.1) is 28.0 Å². The van der Waals surface area contributed by atoms with Crippen LogP contribution in [0.2, 0.25) is 0 Å². The van der Waals surface area contributed by atoms with E-state index in [1.54, 1.807) is 60.7 Å². The number of benzene rings is 4. The number of para-hydroxylation sites is 3. The Labute approximate surface area is 210 Å². The highest BCUT2D eigenvalue weighted by Crippen LogP contribution is 2.25. The van der Waals surface area contributed by atoms with E-state index in [9.17, 15) is 14.0 Å². The molecule has 1 N–H and O–H groups in total. The van der Waals surface area contributed by atoms with E-state index in [1.165, 1.54) is 16.7 Å². The van der Waals surface area contributed by atoms with Gasteiger partial charge in [-0.3, -0.25) is 14.2 Å². The molecule has 178 valence electrons. The van der Waals surface area contributed by atoms with Gasteiger partial charge in [-0.1, -0.05) is 54.2 Å². The summed E-state index contributed by atoms with van der Waals surface area (Å²) in [5.74, 6) is 0.325. The van der Waals surface area contributed by atoms with E-state index in [1.807, 2.05) is 30.3 Å². The molecule has 0 aliphatic carbocycles. The maximum Gasteiger partial charge on any atom is 0.266 e. The number of rotatable bonds is 7. The average molecular weight is 498 g/mol. The SMILES string of the molecule is O=C(CSc1nc2ccccc2c(=O)n1-c1ccc(Oc2ccccc2)cc1)Nc1ccccc1F. The lowest BCUT2D eigenvalue weighted by Crippen LogP contribution is -2.23. The Hall–Kier alpha value is -4.43. The van der Waals surface area contributed by atoms with Gasteiger partial charge < -0.3 is 10.1 Å². The number of hydrogen-bond acceptors (Lipinski definition) is 5. The van der Waals surface area contributed by atoms with E-state index >= 15 is 0 Å². The summed E-state index contributed by atoms with van der Waals surface area (Å²) in [4.78, 5) is 30.6. The molecule has 5 rings (SSSR count). The molecule has 1 amide bonds. The van der Waals surface area contributed by atoms with Gasteiger partial charge in [0.25, 0.3) is 5.56 Å². The van der Waals surface area contributed by atoms with Gasteiger partial charge in [0, 0.05) is 0 Å². The van der Waals surface area contributed by atoms with E-state index in [2.05, 4.69) is 10.3 Å². The van der Waals surface area contributed by atoms with Crippen molar-refractivity contribution in [2.45, 2.75) is 5.16 Å². The summed E-state index contributed by atoms with van der Waals surface area (Å²) in [7, 11) is 0. The highest BCUT2D eigenvalue weighted by atomic mass is 32.2. The number of halogens is 1. The number of carbonyl (C=O) groups is 1. The van der Waals surface area contributed by atoms with Gasteiger partial charge in [0.2, 0.25) is 5.91 Å². The minimum absolute atomic E-state index is 0.0612. The Kier molecular flexibility index (Phi) is 6.77. The van der Waals surface area contributed by atoms with Crippen LogP contribution in [0.5, 0.6) is 11.5 Å². The highest BCUT2D eigenvalue weighted by Gasteiger charge is 2.16. The molecule has 0 fully saturated rings. The number of amides is 1. The topological polar surface area (TPSA) is 73.2 Å². The lowest BCUT2D eigenvalue weighted by molar-refractivity contribution is -0.113. The van der Waals surface area contributed by atoms with Crippen molar-refractivity contribution in [3.63, 3.8) is 0 Å². The standard InChI is InChI=1S/C28H20FN3O3S/c29-23-11-5-7-13-25(23)30-26(33)18-36-28-31-24-12-6-4-10-22(24)27(34)32(28)19-14-16-21(17-15-19)35-20-8-2-1-3-9-20/h1-17H,18H2,(H,30,33). The fraction of sp³-hybridized carbons (Fsp3) is 0.0357. The third kappa shape index (κ3) is 5.13. The van der Waals surface area contributed by atoms with Gasteiger partial charge in [0.1, 0.15) is 17.3 Å². The molecule has 0 bridgehead atoms. The van der Waals surface area contributed by atoms with Crippen molar-refractivity contribution in [2.75, 3.05) is 11.1 Å². The first-order chi connectivity index (χ1) is 17.6. The third-order valence-corrected chi connectivity index (χ3v) is 6.24. The van der Waals surface area contributed by atoms with Crippen LogP contribution in [-0.2, 0) is 4.79 Å². The molecule has 36 heavy (non-hydrogen) atoms. The van der Waals surface area contributed by atoms with Crippen LogP contribution in [0.1, 0.15) is 0 Å². The van der Waals surface area contributed by atoms with Crippen molar-refractivity contribution < 1.29 is 13.9 Å². The quantitative estimate of drug-likeness (QED) is 0.219. The molecule has 0 unspecified atom stereocenters. The number of carbonyl (C=O) groups excluding carboxylic acids is 1. The maximum absolute atomic E-state index is 13.9. The number of ether oxygens (including phenoxy) is 1. The molecule has 1 aromatic heterocycles. The van der Waals surface area contributed by atoms with E-state index in [-0.39, 0.29) is 17.0 Å². The van der Waals surface area contributed by atoms with Crippen molar-refractivity contribution in [1.29, 1.82) is 0 Å². The van der Waals surface area contributed by atoms with Gasteiger partial charge in [-0.15, -0.1) is 0 Å². The van der Waals surface area contributed by atoms with Gasteiger partial charge >= 0.3 is 0 Å². The molecule has 0 spiro atoms. The molecular formula is C28H20FN3O3S. The molecule has 8 heteroatoms. The van der Waals surface area contributed by atoms with Gasteiger partial charge in [-0.05, 0) is 60.7 Å². The molecule has 0 saturated heterocycles. The molecule has 0 aliphatic heterocycles. The molecule has 5 aromatic rings. The second kappa shape index (κ2) is 10.5. The highest BCUT2D eigenvalue weighted by molar-refractivity contribution is 7.99. The zero-order chi connectivity index (χ0) is 24.9. The third-order valence-electron chi connectivity index (χ3n) is 5.30. The molecule has 4 aromatic carbocycles. The summed E-state index contributed by atoms with van der Waals surface area (Å²) in [6, 6.07) is 29.4. The van der Waals surface area contributed by atoms with Crippen LogP contribution in [0.25, 0.3) is 16.6 Å². The van der Waals surface area contributed by atoms with Crippen molar-refractivity contribution in [2.24, 2.45) is 0 Å². The zero-order valence-electron chi connectivity index (χ0n) is 18.9. The van der Waals surface area contributed by atoms with Crippen LogP contribution < -0.4 is 15.6 Å². The lowest BCUT2D eigenvalue weighted by atomic mass is 10.2. The number of fused-ring (bicyclic) bond motifs is 1. The molecule has 0 aliphatic rings. The fourth-order valence-electron chi connectivity index (χ4n) is 3.60. The molecule has 1 heterocycles. The van der Waals surface area contributed by atoms with Crippen LogP contribution in [0.4, 0.5) is 10.1 Å². The lowest BCUT2D eigenvalue weighted by Gasteiger charge is -2.14. The van der Waals surface area contributed by atoms with Crippen LogP contribution in [-0.4, -0.2) is 21.2 Å². The molecule has 0 radical (unpaired) electrons. The number of anilines is 1. The zero-order valence-corrected chi connectivity index (χ0v) is 19.7. The number of nitrogens with one attached hydrogen (secondary N) is 1. The summed E-state index contributed by atoms with van der Waals surface area (Å²) in [6.07, 6.45) is 0. The predicted molar refractivity (Wildman–Crippen MR) is 140 cm³/mol. The number of nitrogens with zero attached hydrogens (tertiary/aromatic N) is 2. The first-order valence-electron chi connectivity index (χ1n) is 11.1. The van der Waals surface area contributed by atoms with Crippen molar-refractivity contribution in [3.8, 4) is 17.2 Å². The van der Waals surface area contributed by atoms with Gasteiger partial charge in [-0.25, -0.2) is 9.37 Å². The van der Waals surface area contributed by atoms with Crippen molar-refractivity contribution in [3.05, 3.63) is 119 Å². The minimum Gasteiger partial charge on any atom is -0.457 e. The second-order valence-electron chi connectivity index (χ2n) is 7.78. The van der Waals surface area contributed by atoms with E-state index in [0.29, 0.717) is 33.2 Å². The Morgan fingerprint density at radius 1 is 0.861 bits per heavy atom. The number of hydrogen-bond donors (Lipinski definition) is 1. The smallest absolute Gasteiger partial charge is 0.266 e. The van der Waals surface area contributed by atoms with Crippen molar-refractivity contribution in [1.82, 2.24) is 9.55 Å². The second-order valence-corrected chi connectivity index (χ2v) is 8.72. The Bertz CT molecular complexity index is 1590. The molecular weight excluding hydrogens is 477 g/mol. The fourth-order valence-corrected chi connectivity index (χ4v) is 4.42. The summed E-state index contributed by atoms with van der Waals surface area (Å²) < 4.78 is 21.2. The van der Waals surface area contributed by atoms with E-state index < -0.39 is 11.7 Å². The van der Waals surface area contributed by atoms with Crippen LogP contribution in [0, 0.1) is 5.82 Å². The summed E-state index contributed by atoms with van der Waals surface area (Å²) in [5.41, 5.74) is 0.950. The average Bonchev–Trinajstić information content (AvgIpc) is 2.90. The Balaban J connectivity index is 1.44. The van der Waals surface area contributed by atoms with Crippen LogP contribution in [0.15, 0.2) is 113 Å². The molecule has 6 nitrogen and oxygen atoms in total. The normalized spacial score (nSPS) is 10.8. The van der Waals surface area contributed by atoms with Gasteiger partial charge in [-0.2, -0.15) is 0 Å². The van der Waals surface area contributed by atoms with Gasteiger partial charge in [0.15, 0.2) is 5.16 Å². The van der Waals surface area contributed by atoms with Crippen LogP contribution >= 0.6 is 11.8 Å². The molecule has 0 atom stereocenters. The first-order valence-corrected chi connectivity index (χ1v) is 12.1. The molecule has 0 saturated carbocycles. The Morgan fingerprint density at radius 2 is 1.53 bits per heavy atom. The van der Waals surface area contributed by atoms with Crippen molar-refractivity contribution >= 4 is 34.3 Å². The number of thioether (sulfide) groups is 1. The predicted octanol–water partition coefficient (Wildman–Crippen LogP) is 6.05. The van der Waals surface area contributed by atoms with E-state index in [0.717, 1.165) is 11.8 Å². The monoisotopic (exact) mass is 497 g/mol. The van der Waals surface area contributed by atoms with Crippen LogP contribution in [0.3, 0.4) is 0 Å². The Morgan fingerprint density at radius 3 is 2.31 bits per heavy atom. The summed E-state index contributed by atoms with van der Waals surface area (Å²) in [5, 5.41) is 3.36. The number of aromatic nitrogens is 2. The maximum atomic E-state index is 13.9. The minimum atomic E-state index is -0.519. The first kappa shape index (κ1) is 23.3. The largest absolute Gasteiger partial charge is 0.457 e. The summed E-state index contributed by atoms with van der Waals surface area (Å²) in [6.45, 7) is 0. The summed E-state index contributed by atoms with van der Waals surface area (Å²) >= 11 is 1.10.